The van der Waals surface area contributed by atoms with Crippen LogP contribution in [0.25, 0.3) is 11.3 Å². The van der Waals surface area contributed by atoms with Gasteiger partial charge in [-0.2, -0.15) is 0 Å². The van der Waals surface area contributed by atoms with Gasteiger partial charge in [0.25, 0.3) is 11.8 Å². The predicted molar refractivity (Wildman–Crippen MR) is 133 cm³/mol. The number of likely N-dealkylation sites (N-methyl/N-ethyl adjacent to an activating group) is 1. The summed E-state index contributed by atoms with van der Waals surface area (Å²) >= 11 is 2.82. The zero-order valence-corrected chi connectivity index (χ0v) is 20.1. The fourth-order valence-electron chi connectivity index (χ4n) is 3.74. The van der Waals surface area contributed by atoms with Crippen LogP contribution in [0.1, 0.15) is 36.9 Å². The fraction of sp³-hybridized carbons (Fsp3) is 0.208. The molecule has 0 bridgehead atoms. The first-order valence-electron chi connectivity index (χ1n) is 10.8. The molecule has 0 unspecified atom stereocenters. The zero-order valence-electron chi connectivity index (χ0n) is 18.4. The minimum atomic E-state index is -0.209. The number of carbonyl (C=O) groups is 2. The summed E-state index contributed by atoms with van der Waals surface area (Å²) < 4.78 is 3.86. The Morgan fingerprint density at radius 1 is 1.09 bits per heavy atom. The summed E-state index contributed by atoms with van der Waals surface area (Å²) in [6.45, 7) is 2.16. The molecule has 1 aliphatic heterocycles. The van der Waals surface area contributed by atoms with Crippen molar-refractivity contribution in [2.75, 3.05) is 18.9 Å². The van der Waals surface area contributed by atoms with E-state index in [4.69, 9.17) is 0 Å². The number of anilines is 1. The fourth-order valence-corrected chi connectivity index (χ4v) is 5.28. The molecule has 2 aromatic carbocycles. The molecule has 0 fully saturated rings. The quantitative estimate of drug-likeness (QED) is 0.426. The molecule has 2 aromatic heterocycles. The molecule has 0 saturated carbocycles. The van der Waals surface area contributed by atoms with Gasteiger partial charge in [-0.05, 0) is 48.4 Å². The Hall–Kier alpha value is -3.47. The summed E-state index contributed by atoms with van der Waals surface area (Å²) in [5.41, 5.74) is 4.70. The van der Waals surface area contributed by atoms with E-state index in [1.165, 1.54) is 27.7 Å². The highest BCUT2D eigenvalue weighted by Gasteiger charge is 2.19. The molecule has 0 spiro atoms. The lowest BCUT2D eigenvalue weighted by Gasteiger charge is -2.20. The number of fused-ring (bicyclic) bond motifs is 1. The number of nitrogens with one attached hydrogen (secondary N) is 2. The molecule has 0 saturated heterocycles. The maximum absolute atomic E-state index is 12.8. The monoisotopic (exact) mass is 490 g/mol. The second-order valence-electron chi connectivity index (χ2n) is 8.08. The van der Waals surface area contributed by atoms with Crippen molar-refractivity contribution in [2.24, 2.45) is 0 Å². The van der Waals surface area contributed by atoms with E-state index in [2.05, 4.69) is 37.2 Å². The van der Waals surface area contributed by atoms with Gasteiger partial charge in [0.1, 0.15) is 5.69 Å². The summed E-state index contributed by atoms with van der Waals surface area (Å²) in [6, 6.07) is 14.5. The number of nitrogens with zero attached hydrogens (tertiary/aromatic N) is 4. The third-order valence-electron chi connectivity index (χ3n) is 5.59. The van der Waals surface area contributed by atoms with Crippen molar-refractivity contribution >= 4 is 39.8 Å². The molecule has 8 nitrogen and oxygen atoms in total. The minimum absolute atomic E-state index is 0.184. The highest BCUT2D eigenvalue weighted by atomic mass is 32.1. The van der Waals surface area contributed by atoms with E-state index in [9.17, 15) is 9.59 Å². The van der Waals surface area contributed by atoms with Crippen LogP contribution < -0.4 is 10.6 Å². The zero-order chi connectivity index (χ0) is 23.5. The summed E-state index contributed by atoms with van der Waals surface area (Å²) in [4.78, 5) is 33.4. The van der Waals surface area contributed by atoms with Crippen molar-refractivity contribution in [1.82, 2.24) is 24.8 Å². The molecule has 2 amide bonds. The van der Waals surface area contributed by atoms with Gasteiger partial charge in [0.15, 0.2) is 5.13 Å². The van der Waals surface area contributed by atoms with E-state index in [-0.39, 0.29) is 11.8 Å². The Bertz CT molecular complexity index is 1320. The van der Waals surface area contributed by atoms with Crippen molar-refractivity contribution in [3.8, 4) is 11.3 Å². The van der Waals surface area contributed by atoms with Gasteiger partial charge in [0.05, 0.1) is 5.69 Å². The van der Waals surface area contributed by atoms with Gasteiger partial charge in [-0.3, -0.25) is 14.9 Å². The van der Waals surface area contributed by atoms with Crippen LogP contribution in [0.5, 0.6) is 0 Å². The van der Waals surface area contributed by atoms with Crippen LogP contribution in [-0.2, 0) is 19.5 Å². The van der Waals surface area contributed by atoms with Gasteiger partial charge in [-0.1, -0.05) is 28.8 Å². The lowest BCUT2D eigenvalue weighted by Crippen LogP contribution is -2.25. The molecule has 3 heterocycles. The third kappa shape index (κ3) is 5.04. The van der Waals surface area contributed by atoms with Gasteiger partial charge >= 0.3 is 0 Å². The maximum atomic E-state index is 12.8. The molecule has 34 heavy (non-hydrogen) atoms. The van der Waals surface area contributed by atoms with E-state index < -0.39 is 0 Å². The van der Waals surface area contributed by atoms with E-state index >= 15 is 0 Å². The first-order valence-corrected chi connectivity index (χ1v) is 12.4. The molecule has 1 aliphatic rings. The van der Waals surface area contributed by atoms with Gasteiger partial charge in [0.2, 0.25) is 0 Å². The van der Waals surface area contributed by atoms with Gasteiger partial charge in [0, 0.05) is 53.0 Å². The SMILES string of the molecule is CN1CCc2nc(NC(=O)c3cccc(CNC(=O)c4ccc(-c5csnn5)cc4)c3)sc2C1. The van der Waals surface area contributed by atoms with Gasteiger partial charge in [-0.15, -0.1) is 16.4 Å². The number of hydrogen-bond acceptors (Lipinski definition) is 8. The molecular weight excluding hydrogens is 468 g/mol. The second kappa shape index (κ2) is 9.80. The van der Waals surface area contributed by atoms with Crippen molar-refractivity contribution in [2.45, 2.75) is 19.5 Å². The summed E-state index contributed by atoms with van der Waals surface area (Å²) in [5.74, 6) is -0.393. The molecule has 0 atom stereocenters. The topological polar surface area (TPSA) is 100 Å². The maximum Gasteiger partial charge on any atom is 0.257 e. The molecule has 0 aliphatic carbocycles. The minimum Gasteiger partial charge on any atom is -0.348 e. The Morgan fingerprint density at radius 2 is 1.94 bits per heavy atom. The standard InChI is InChI=1S/C24H22N6O2S2/c1-30-10-9-19-21(13-30)34-24(26-19)27-23(32)18-4-2-3-15(11-18)12-25-22(31)17-7-5-16(6-8-17)20-14-33-29-28-20/h2-8,11,14H,9-10,12-13H2,1H3,(H,25,31)(H,26,27,32). The number of thiazole rings is 1. The number of carbonyl (C=O) groups excluding carboxylic acids is 2. The number of rotatable bonds is 6. The van der Waals surface area contributed by atoms with Crippen LogP contribution >= 0.6 is 22.9 Å². The van der Waals surface area contributed by atoms with Crippen LogP contribution in [-0.4, -0.2) is 44.9 Å². The highest BCUT2D eigenvalue weighted by Crippen LogP contribution is 2.28. The van der Waals surface area contributed by atoms with Crippen LogP contribution in [0.2, 0.25) is 0 Å². The van der Waals surface area contributed by atoms with Gasteiger partial charge < -0.3 is 10.2 Å². The van der Waals surface area contributed by atoms with Crippen LogP contribution in [0.4, 0.5) is 5.13 Å². The number of hydrogen-bond donors (Lipinski definition) is 2. The summed E-state index contributed by atoms with van der Waals surface area (Å²) in [6.07, 6.45) is 0.901. The lowest BCUT2D eigenvalue weighted by atomic mass is 10.1. The average Bonchev–Trinajstić information content (AvgIpc) is 3.52. The van der Waals surface area contributed by atoms with Gasteiger partial charge in [-0.25, -0.2) is 4.98 Å². The van der Waals surface area contributed by atoms with Crippen molar-refractivity contribution in [3.05, 3.63) is 81.2 Å². The lowest BCUT2D eigenvalue weighted by molar-refractivity contribution is 0.0950. The first-order chi connectivity index (χ1) is 16.5. The van der Waals surface area contributed by atoms with E-state index in [0.717, 1.165) is 42.0 Å². The predicted octanol–water partition coefficient (Wildman–Crippen LogP) is 3.83. The van der Waals surface area contributed by atoms with Crippen molar-refractivity contribution in [1.29, 1.82) is 0 Å². The highest BCUT2D eigenvalue weighted by molar-refractivity contribution is 7.15. The Labute approximate surface area is 204 Å². The van der Waals surface area contributed by atoms with Crippen LogP contribution in [0, 0.1) is 0 Å². The molecule has 2 N–H and O–H groups in total. The van der Waals surface area contributed by atoms with Crippen molar-refractivity contribution < 1.29 is 9.59 Å². The summed E-state index contributed by atoms with van der Waals surface area (Å²) in [5, 5.41) is 12.4. The Morgan fingerprint density at radius 3 is 2.74 bits per heavy atom. The molecule has 172 valence electrons. The van der Waals surface area contributed by atoms with E-state index in [1.54, 1.807) is 24.3 Å². The first kappa shape index (κ1) is 22.3. The third-order valence-corrected chi connectivity index (χ3v) is 7.09. The largest absolute Gasteiger partial charge is 0.348 e. The normalized spacial score (nSPS) is 13.3. The molecule has 5 rings (SSSR count). The van der Waals surface area contributed by atoms with E-state index in [1.807, 2.05) is 29.6 Å². The number of amides is 2. The second-order valence-corrected chi connectivity index (χ2v) is 9.77. The number of benzene rings is 2. The van der Waals surface area contributed by atoms with Crippen LogP contribution in [0.15, 0.2) is 53.9 Å². The Kier molecular flexibility index (Phi) is 6.43. The van der Waals surface area contributed by atoms with E-state index in [0.29, 0.717) is 22.8 Å². The van der Waals surface area contributed by atoms with Crippen molar-refractivity contribution in [3.63, 3.8) is 0 Å². The molecule has 4 aromatic rings. The number of aromatic nitrogens is 3. The smallest absolute Gasteiger partial charge is 0.257 e. The molecule has 0 radical (unpaired) electrons. The average molecular weight is 491 g/mol. The van der Waals surface area contributed by atoms with Crippen LogP contribution in [0.3, 0.4) is 0 Å². The molecular formula is C24H22N6O2S2. The molecule has 10 heteroatoms. The Balaban J connectivity index is 1.19. The summed E-state index contributed by atoms with van der Waals surface area (Å²) in [7, 11) is 2.08.